The van der Waals surface area contributed by atoms with Crippen LogP contribution in [0.3, 0.4) is 0 Å². The zero-order chi connectivity index (χ0) is 12.5. The Hall–Kier alpha value is -1.81. The second-order valence-electron chi connectivity index (χ2n) is 4.62. The van der Waals surface area contributed by atoms with Crippen molar-refractivity contribution in [1.82, 2.24) is 15.5 Å². The summed E-state index contributed by atoms with van der Waals surface area (Å²) in [6, 6.07) is 6.40. The van der Waals surface area contributed by atoms with Crippen LogP contribution in [0.25, 0.3) is 11.1 Å². The molecular weight excluding hydrogens is 226 g/mol. The number of rotatable bonds is 3. The van der Waals surface area contributed by atoms with Crippen LogP contribution in [0, 0.1) is 6.92 Å². The molecule has 0 saturated carbocycles. The lowest BCUT2D eigenvalue weighted by Crippen LogP contribution is -2.06. The van der Waals surface area contributed by atoms with Crippen LogP contribution in [-0.2, 0) is 13.0 Å². The van der Waals surface area contributed by atoms with Crippen molar-refractivity contribution in [2.75, 3.05) is 13.7 Å². The lowest BCUT2D eigenvalue weighted by molar-refractivity contribution is 0.357. The fraction of sp³-hybridized carbons (Fsp3) is 0.357. The highest BCUT2D eigenvalue weighted by Crippen LogP contribution is 2.32. The number of aryl methyl sites for hydroxylation is 1. The van der Waals surface area contributed by atoms with Crippen LogP contribution in [0.5, 0.6) is 5.75 Å². The van der Waals surface area contributed by atoms with Gasteiger partial charge in [0, 0.05) is 24.2 Å². The summed E-state index contributed by atoms with van der Waals surface area (Å²) in [5, 5.41) is 10.6. The van der Waals surface area contributed by atoms with Crippen molar-refractivity contribution in [3.05, 3.63) is 35.2 Å². The quantitative estimate of drug-likeness (QED) is 0.867. The molecule has 0 aliphatic carbocycles. The number of fused-ring (bicyclic) bond motifs is 1. The highest BCUT2D eigenvalue weighted by Gasteiger charge is 2.16. The highest BCUT2D eigenvalue weighted by molar-refractivity contribution is 5.70. The van der Waals surface area contributed by atoms with E-state index in [1.54, 1.807) is 0 Å². The molecule has 1 aromatic heterocycles. The predicted octanol–water partition coefficient (Wildman–Crippen LogP) is 2.04. The second-order valence-corrected chi connectivity index (χ2v) is 4.62. The molecule has 0 amide bonds. The van der Waals surface area contributed by atoms with E-state index in [-0.39, 0.29) is 0 Å². The van der Waals surface area contributed by atoms with E-state index in [0.717, 1.165) is 36.7 Å². The Labute approximate surface area is 106 Å². The second kappa shape index (κ2) is 4.46. The molecule has 18 heavy (non-hydrogen) atoms. The molecule has 0 fully saturated rings. The maximum absolute atomic E-state index is 5.54. The summed E-state index contributed by atoms with van der Waals surface area (Å²) in [6.45, 7) is 3.63. The van der Waals surface area contributed by atoms with Gasteiger partial charge in [-0.15, -0.1) is 0 Å². The molecule has 0 spiro atoms. The number of aromatic nitrogens is 2. The van der Waals surface area contributed by atoms with Gasteiger partial charge in [-0.3, -0.25) is 5.10 Å². The van der Waals surface area contributed by atoms with Crippen molar-refractivity contribution in [2.24, 2.45) is 0 Å². The SMILES string of the molecule is CNCc1n[nH]c(C)c1-c1ccc2c(c1)CCO2. The van der Waals surface area contributed by atoms with Crippen molar-refractivity contribution in [1.29, 1.82) is 0 Å². The molecule has 3 rings (SSSR count). The normalized spacial score (nSPS) is 13.4. The summed E-state index contributed by atoms with van der Waals surface area (Å²) in [5.74, 6) is 1.02. The number of benzene rings is 1. The average Bonchev–Trinajstić information content (AvgIpc) is 2.96. The lowest BCUT2D eigenvalue weighted by Gasteiger charge is -2.06. The van der Waals surface area contributed by atoms with E-state index in [1.807, 2.05) is 7.05 Å². The maximum Gasteiger partial charge on any atom is 0.122 e. The van der Waals surface area contributed by atoms with Crippen LogP contribution in [0.2, 0.25) is 0 Å². The number of H-pyrrole nitrogens is 1. The van der Waals surface area contributed by atoms with Crippen molar-refractivity contribution < 1.29 is 4.74 Å². The van der Waals surface area contributed by atoms with Gasteiger partial charge in [0.1, 0.15) is 5.75 Å². The molecule has 2 heterocycles. The van der Waals surface area contributed by atoms with Crippen LogP contribution < -0.4 is 10.1 Å². The first-order valence-corrected chi connectivity index (χ1v) is 6.24. The molecule has 0 radical (unpaired) electrons. The molecule has 0 bridgehead atoms. The molecule has 4 nitrogen and oxygen atoms in total. The van der Waals surface area contributed by atoms with Crippen molar-refractivity contribution in [3.8, 4) is 16.9 Å². The topological polar surface area (TPSA) is 49.9 Å². The standard InChI is InChI=1S/C14H17N3O/c1-9-14(12(8-15-2)17-16-9)11-3-4-13-10(7-11)5-6-18-13/h3-4,7,15H,5-6,8H2,1-2H3,(H,16,17). The number of hydrogen-bond donors (Lipinski definition) is 2. The monoisotopic (exact) mass is 243 g/mol. The van der Waals surface area contributed by atoms with E-state index in [1.165, 1.54) is 16.7 Å². The van der Waals surface area contributed by atoms with Crippen molar-refractivity contribution in [3.63, 3.8) is 0 Å². The first-order valence-electron chi connectivity index (χ1n) is 6.24. The molecule has 2 aromatic rings. The van der Waals surface area contributed by atoms with Gasteiger partial charge in [0.25, 0.3) is 0 Å². The Morgan fingerprint density at radius 2 is 2.33 bits per heavy atom. The number of aromatic amines is 1. The average molecular weight is 243 g/mol. The van der Waals surface area contributed by atoms with Gasteiger partial charge < -0.3 is 10.1 Å². The third-order valence-corrected chi connectivity index (χ3v) is 3.34. The molecule has 4 heteroatoms. The van der Waals surface area contributed by atoms with Gasteiger partial charge in [-0.25, -0.2) is 0 Å². The van der Waals surface area contributed by atoms with Gasteiger partial charge in [0.05, 0.1) is 12.3 Å². The minimum absolute atomic E-state index is 0.771. The Balaban J connectivity index is 2.06. The summed E-state index contributed by atoms with van der Waals surface area (Å²) in [4.78, 5) is 0. The fourth-order valence-corrected chi connectivity index (χ4v) is 2.50. The fourth-order valence-electron chi connectivity index (χ4n) is 2.50. The summed E-state index contributed by atoms with van der Waals surface area (Å²) in [7, 11) is 1.93. The molecule has 94 valence electrons. The number of hydrogen-bond acceptors (Lipinski definition) is 3. The molecule has 1 aromatic carbocycles. The van der Waals surface area contributed by atoms with E-state index in [0.29, 0.717) is 0 Å². The van der Waals surface area contributed by atoms with Crippen LogP contribution in [0.1, 0.15) is 17.0 Å². The van der Waals surface area contributed by atoms with E-state index >= 15 is 0 Å². The maximum atomic E-state index is 5.54. The minimum atomic E-state index is 0.771. The van der Waals surface area contributed by atoms with Gasteiger partial charge >= 0.3 is 0 Å². The van der Waals surface area contributed by atoms with Crippen LogP contribution in [0.4, 0.5) is 0 Å². The molecule has 0 saturated heterocycles. The highest BCUT2D eigenvalue weighted by atomic mass is 16.5. The minimum Gasteiger partial charge on any atom is -0.493 e. The van der Waals surface area contributed by atoms with E-state index in [9.17, 15) is 0 Å². The molecular formula is C14H17N3O. The molecule has 1 aliphatic heterocycles. The Bertz CT molecular complexity index is 574. The number of nitrogens with zero attached hydrogens (tertiary/aromatic N) is 1. The van der Waals surface area contributed by atoms with E-state index < -0.39 is 0 Å². The first-order chi connectivity index (χ1) is 8.79. The summed E-state index contributed by atoms with van der Waals surface area (Å²) < 4.78 is 5.54. The van der Waals surface area contributed by atoms with Crippen LogP contribution in [-0.4, -0.2) is 23.9 Å². The van der Waals surface area contributed by atoms with Crippen LogP contribution >= 0.6 is 0 Å². The Kier molecular flexibility index (Phi) is 2.80. The number of nitrogens with one attached hydrogen (secondary N) is 2. The largest absolute Gasteiger partial charge is 0.493 e. The molecule has 1 aliphatic rings. The lowest BCUT2D eigenvalue weighted by atomic mass is 10.00. The van der Waals surface area contributed by atoms with Gasteiger partial charge in [0.15, 0.2) is 0 Å². The van der Waals surface area contributed by atoms with Gasteiger partial charge in [0.2, 0.25) is 0 Å². The summed E-state index contributed by atoms with van der Waals surface area (Å²) in [5.41, 5.74) is 5.89. The molecule has 0 unspecified atom stereocenters. The van der Waals surface area contributed by atoms with Gasteiger partial charge in [-0.2, -0.15) is 5.10 Å². The van der Waals surface area contributed by atoms with E-state index in [2.05, 4.69) is 40.6 Å². The number of ether oxygens (including phenoxy) is 1. The predicted molar refractivity (Wildman–Crippen MR) is 70.7 cm³/mol. The third-order valence-electron chi connectivity index (χ3n) is 3.34. The Morgan fingerprint density at radius 3 is 3.17 bits per heavy atom. The zero-order valence-corrected chi connectivity index (χ0v) is 10.7. The van der Waals surface area contributed by atoms with Crippen molar-refractivity contribution in [2.45, 2.75) is 19.9 Å². The first kappa shape index (κ1) is 11.3. The van der Waals surface area contributed by atoms with Crippen LogP contribution in [0.15, 0.2) is 18.2 Å². The zero-order valence-electron chi connectivity index (χ0n) is 10.7. The Morgan fingerprint density at radius 1 is 1.44 bits per heavy atom. The molecule has 2 N–H and O–H groups in total. The van der Waals surface area contributed by atoms with E-state index in [4.69, 9.17) is 4.74 Å². The third kappa shape index (κ3) is 1.78. The summed E-state index contributed by atoms with van der Waals surface area (Å²) in [6.07, 6.45) is 1.00. The summed E-state index contributed by atoms with van der Waals surface area (Å²) >= 11 is 0. The van der Waals surface area contributed by atoms with Gasteiger partial charge in [-0.1, -0.05) is 6.07 Å². The van der Waals surface area contributed by atoms with Crippen molar-refractivity contribution >= 4 is 0 Å². The van der Waals surface area contributed by atoms with Gasteiger partial charge in [-0.05, 0) is 37.2 Å². The molecule has 0 atom stereocenters. The smallest absolute Gasteiger partial charge is 0.122 e.